The number of esters is 1. The van der Waals surface area contributed by atoms with E-state index in [-0.39, 0.29) is 11.6 Å². The minimum Gasteiger partial charge on any atom is -0.465 e. The van der Waals surface area contributed by atoms with Crippen LogP contribution >= 0.6 is 0 Å². The van der Waals surface area contributed by atoms with Gasteiger partial charge < -0.3 is 15.4 Å². The third-order valence-electron chi connectivity index (χ3n) is 4.38. The van der Waals surface area contributed by atoms with E-state index >= 15 is 0 Å². The van der Waals surface area contributed by atoms with Crippen LogP contribution in [0.15, 0.2) is 36.7 Å². The Hall–Kier alpha value is -2.96. The fraction of sp³-hybridized carbons (Fsp3) is 0.368. The first-order valence-electron chi connectivity index (χ1n) is 8.74. The number of methoxy groups -OCH3 is 1. The molecular weight excluding hydrogens is 332 g/mol. The van der Waals surface area contributed by atoms with Crippen LogP contribution in [0.1, 0.15) is 53.0 Å². The Morgan fingerprint density at radius 1 is 1.12 bits per heavy atom. The molecule has 1 fully saturated rings. The van der Waals surface area contributed by atoms with E-state index in [9.17, 15) is 9.59 Å². The molecule has 0 atom stereocenters. The summed E-state index contributed by atoms with van der Waals surface area (Å²) in [4.78, 5) is 32.3. The molecule has 7 nitrogen and oxygen atoms in total. The van der Waals surface area contributed by atoms with Crippen LogP contribution in [0.3, 0.4) is 0 Å². The molecule has 136 valence electrons. The van der Waals surface area contributed by atoms with Gasteiger partial charge in [-0.2, -0.15) is 0 Å². The van der Waals surface area contributed by atoms with Crippen LogP contribution in [-0.2, 0) is 4.74 Å². The van der Waals surface area contributed by atoms with Crippen LogP contribution < -0.4 is 10.6 Å². The maximum atomic E-state index is 12.3. The predicted octanol–water partition coefficient (Wildman–Crippen LogP) is 3.26. The molecule has 1 aliphatic rings. The average Bonchev–Trinajstić information content (AvgIpc) is 2.69. The number of benzene rings is 1. The minimum atomic E-state index is -0.459. The number of aromatic nitrogens is 2. The van der Waals surface area contributed by atoms with Crippen LogP contribution in [0.25, 0.3) is 0 Å². The quantitative estimate of drug-likeness (QED) is 0.801. The molecule has 3 rings (SSSR count). The lowest BCUT2D eigenvalue weighted by molar-refractivity contribution is 0.0600. The molecule has 1 aromatic carbocycles. The zero-order valence-electron chi connectivity index (χ0n) is 14.7. The monoisotopic (exact) mass is 354 g/mol. The Balaban J connectivity index is 1.62. The first-order chi connectivity index (χ1) is 12.7. The van der Waals surface area contributed by atoms with Gasteiger partial charge in [-0.25, -0.2) is 14.8 Å². The number of carbonyl (C=O) groups is 2. The maximum Gasteiger partial charge on any atom is 0.337 e. The van der Waals surface area contributed by atoms with Crippen molar-refractivity contribution in [2.45, 2.75) is 38.1 Å². The summed E-state index contributed by atoms with van der Waals surface area (Å²) in [6, 6.07) is 6.96. The average molecular weight is 354 g/mol. The third-order valence-corrected chi connectivity index (χ3v) is 4.38. The highest BCUT2D eigenvalue weighted by Gasteiger charge is 2.15. The van der Waals surface area contributed by atoms with Crippen molar-refractivity contribution in [3.63, 3.8) is 0 Å². The van der Waals surface area contributed by atoms with Crippen molar-refractivity contribution >= 4 is 23.4 Å². The summed E-state index contributed by atoms with van der Waals surface area (Å²) < 4.78 is 4.68. The van der Waals surface area contributed by atoms with E-state index in [0.717, 1.165) is 12.8 Å². The number of carbonyl (C=O) groups excluding carboxylic acids is 2. The summed E-state index contributed by atoms with van der Waals surface area (Å²) in [5.41, 5.74) is 1.06. The van der Waals surface area contributed by atoms with Crippen LogP contribution in [0.2, 0.25) is 0 Å². The Morgan fingerprint density at radius 3 is 2.62 bits per heavy atom. The van der Waals surface area contributed by atoms with Crippen molar-refractivity contribution in [3.05, 3.63) is 47.9 Å². The summed E-state index contributed by atoms with van der Waals surface area (Å²) in [5.74, 6) is -0.163. The molecule has 1 aromatic heterocycles. The molecule has 1 saturated carbocycles. The van der Waals surface area contributed by atoms with Crippen LogP contribution in [-0.4, -0.2) is 35.0 Å². The van der Waals surface area contributed by atoms with Crippen molar-refractivity contribution in [1.82, 2.24) is 9.97 Å². The molecule has 0 aliphatic heterocycles. The molecule has 1 amide bonds. The number of rotatable bonds is 5. The van der Waals surface area contributed by atoms with Crippen molar-refractivity contribution in [3.8, 4) is 0 Å². The van der Waals surface area contributed by atoms with Gasteiger partial charge in [-0.05, 0) is 31.0 Å². The van der Waals surface area contributed by atoms with Gasteiger partial charge in [0.05, 0.1) is 25.1 Å². The van der Waals surface area contributed by atoms with Gasteiger partial charge in [0.2, 0.25) is 0 Å². The molecule has 2 N–H and O–H groups in total. The van der Waals surface area contributed by atoms with Gasteiger partial charge in [-0.1, -0.05) is 25.3 Å². The molecule has 0 radical (unpaired) electrons. The summed E-state index contributed by atoms with van der Waals surface area (Å²) in [6.45, 7) is 0. The summed E-state index contributed by atoms with van der Waals surface area (Å²) >= 11 is 0. The van der Waals surface area contributed by atoms with Crippen LogP contribution in [0.4, 0.5) is 11.5 Å². The van der Waals surface area contributed by atoms with Gasteiger partial charge in [0.1, 0.15) is 11.5 Å². The molecule has 7 heteroatoms. The lowest BCUT2D eigenvalue weighted by atomic mass is 9.96. The van der Waals surface area contributed by atoms with Gasteiger partial charge >= 0.3 is 5.97 Å². The van der Waals surface area contributed by atoms with Gasteiger partial charge in [-0.3, -0.25) is 4.79 Å². The van der Waals surface area contributed by atoms with E-state index in [0.29, 0.717) is 23.1 Å². The van der Waals surface area contributed by atoms with E-state index in [4.69, 9.17) is 0 Å². The van der Waals surface area contributed by atoms with Crippen LogP contribution in [0, 0.1) is 0 Å². The Bertz CT molecular complexity index is 771. The van der Waals surface area contributed by atoms with E-state index < -0.39 is 5.97 Å². The first-order valence-corrected chi connectivity index (χ1v) is 8.74. The smallest absolute Gasteiger partial charge is 0.337 e. The second-order valence-corrected chi connectivity index (χ2v) is 6.29. The third kappa shape index (κ3) is 4.56. The van der Waals surface area contributed by atoms with Crippen molar-refractivity contribution in [1.29, 1.82) is 0 Å². The van der Waals surface area contributed by atoms with E-state index in [1.165, 1.54) is 32.6 Å². The number of hydrogen-bond acceptors (Lipinski definition) is 6. The number of amides is 1. The van der Waals surface area contributed by atoms with Gasteiger partial charge in [-0.15, -0.1) is 0 Å². The Kier molecular flexibility index (Phi) is 5.78. The standard InChI is InChI=1S/C19H22N4O3/c1-26-19(25)13-6-5-9-15(10-13)23-18(24)16-11-21-17(12-20-16)22-14-7-3-2-4-8-14/h5-6,9-12,14H,2-4,7-8H2,1H3,(H,21,22)(H,23,24). The summed E-state index contributed by atoms with van der Waals surface area (Å²) in [7, 11) is 1.31. The van der Waals surface area contributed by atoms with Crippen molar-refractivity contribution < 1.29 is 14.3 Å². The largest absolute Gasteiger partial charge is 0.465 e. The molecule has 0 bridgehead atoms. The first kappa shape index (κ1) is 17.8. The lowest BCUT2D eigenvalue weighted by Crippen LogP contribution is -2.23. The Labute approximate surface area is 152 Å². The zero-order valence-corrected chi connectivity index (χ0v) is 14.7. The highest BCUT2D eigenvalue weighted by atomic mass is 16.5. The molecule has 26 heavy (non-hydrogen) atoms. The van der Waals surface area contributed by atoms with Gasteiger partial charge in [0, 0.05) is 11.7 Å². The number of hydrogen-bond donors (Lipinski definition) is 2. The fourth-order valence-corrected chi connectivity index (χ4v) is 3.01. The minimum absolute atomic E-state index is 0.211. The van der Waals surface area contributed by atoms with E-state index in [1.54, 1.807) is 30.5 Å². The molecule has 1 heterocycles. The molecule has 0 unspecified atom stereocenters. The molecule has 1 aliphatic carbocycles. The van der Waals surface area contributed by atoms with Crippen molar-refractivity contribution in [2.24, 2.45) is 0 Å². The van der Waals surface area contributed by atoms with Gasteiger partial charge in [0.25, 0.3) is 5.91 Å². The summed E-state index contributed by atoms with van der Waals surface area (Å²) in [6.07, 6.45) is 9.06. The second kappa shape index (κ2) is 8.42. The molecule has 0 saturated heterocycles. The fourth-order valence-electron chi connectivity index (χ4n) is 3.01. The number of nitrogens with zero attached hydrogens (tertiary/aromatic N) is 2. The molecule has 2 aromatic rings. The van der Waals surface area contributed by atoms with E-state index in [2.05, 4.69) is 25.3 Å². The highest BCUT2D eigenvalue weighted by molar-refractivity contribution is 6.03. The zero-order chi connectivity index (χ0) is 18.4. The van der Waals surface area contributed by atoms with Crippen LogP contribution in [0.5, 0.6) is 0 Å². The number of anilines is 2. The molecular formula is C19H22N4O3. The van der Waals surface area contributed by atoms with Gasteiger partial charge in [0.15, 0.2) is 0 Å². The normalized spacial score (nSPS) is 14.5. The SMILES string of the molecule is COC(=O)c1cccc(NC(=O)c2cnc(NC3CCCCC3)cn2)c1. The molecule has 0 spiro atoms. The Morgan fingerprint density at radius 2 is 1.92 bits per heavy atom. The number of nitrogens with one attached hydrogen (secondary N) is 2. The van der Waals surface area contributed by atoms with E-state index in [1.807, 2.05) is 0 Å². The topological polar surface area (TPSA) is 93.2 Å². The van der Waals surface area contributed by atoms with Crippen molar-refractivity contribution in [2.75, 3.05) is 17.7 Å². The predicted molar refractivity (Wildman–Crippen MR) is 98.3 cm³/mol. The summed E-state index contributed by atoms with van der Waals surface area (Å²) in [5, 5.41) is 6.08. The lowest BCUT2D eigenvalue weighted by Gasteiger charge is -2.23. The highest BCUT2D eigenvalue weighted by Crippen LogP contribution is 2.20. The maximum absolute atomic E-state index is 12.3. The number of ether oxygens (including phenoxy) is 1. The second-order valence-electron chi connectivity index (χ2n) is 6.29.